The maximum absolute atomic E-state index is 12.9. The van der Waals surface area contributed by atoms with Gasteiger partial charge in [0.25, 0.3) is 0 Å². The highest BCUT2D eigenvalue weighted by molar-refractivity contribution is 5.89. The monoisotopic (exact) mass is 331 g/mol. The van der Waals surface area contributed by atoms with Crippen molar-refractivity contribution in [2.45, 2.75) is 44.7 Å². The standard InChI is InChI=1S/C17H25N5O2/c1-18-17-19-9-12(10-20-17)11-21(2)16(24)14-5-3-4-8-22(14)15(23)13-6-7-13/h9-10,13-14H,3-8,11H2,1-2H3,(H,18,19,20)/t14-/m0/s1. The molecule has 2 heterocycles. The zero-order valence-electron chi connectivity index (χ0n) is 14.4. The van der Waals surface area contributed by atoms with Crippen LogP contribution < -0.4 is 5.32 Å². The van der Waals surface area contributed by atoms with E-state index in [9.17, 15) is 9.59 Å². The number of likely N-dealkylation sites (tertiary alicyclic amines) is 1. The maximum Gasteiger partial charge on any atom is 0.245 e. The average Bonchev–Trinajstić information content (AvgIpc) is 3.46. The molecule has 1 saturated heterocycles. The van der Waals surface area contributed by atoms with E-state index >= 15 is 0 Å². The average molecular weight is 331 g/mol. The van der Waals surface area contributed by atoms with Crippen molar-refractivity contribution in [3.05, 3.63) is 18.0 Å². The quantitative estimate of drug-likeness (QED) is 0.879. The Bertz CT molecular complexity index is 600. The van der Waals surface area contributed by atoms with Crippen molar-refractivity contribution in [3.8, 4) is 0 Å². The molecule has 1 aliphatic carbocycles. The summed E-state index contributed by atoms with van der Waals surface area (Å²) >= 11 is 0. The van der Waals surface area contributed by atoms with Gasteiger partial charge in [0, 0.05) is 51.1 Å². The van der Waals surface area contributed by atoms with E-state index < -0.39 is 0 Å². The predicted octanol–water partition coefficient (Wildman–Crippen LogP) is 1.27. The number of anilines is 1. The van der Waals surface area contributed by atoms with Gasteiger partial charge >= 0.3 is 0 Å². The van der Waals surface area contributed by atoms with Gasteiger partial charge in [-0.2, -0.15) is 0 Å². The summed E-state index contributed by atoms with van der Waals surface area (Å²) in [5, 5.41) is 2.87. The fourth-order valence-electron chi connectivity index (χ4n) is 3.19. The van der Waals surface area contributed by atoms with Gasteiger partial charge in [0.15, 0.2) is 0 Å². The predicted molar refractivity (Wildman–Crippen MR) is 90.1 cm³/mol. The lowest BCUT2D eigenvalue weighted by Crippen LogP contribution is -2.52. The highest BCUT2D eigenvalue weighted by Crippen LogP contribution is 2.33. The summed E-state index contributed by atoms with van der Waals surface area (Å²) in [7, 11) is 3.54. The molecule has 7 heteroatoms. The van der Waals surface area contributed by atoms with Crippen molar-refractivity contribution >= 4 is 17.8 Å². The number of nitrogens with zero attached hydrogens (tertiary/aromatic N) is 4. The molecule has 1 aliphatic heterocycles. The molecule has 1 aromatic rings. The number of amides is 2. The van der Waals surface area contributed by atoms with E-state index in [1.807, 2.05) is 4.90 Å². The van der Waals surface area contributed by atoms with Crippen LogP contribution in [0.1, 0.15) is 37.7 Å². The second kappa shape index (κ2) is 7.15. The van der Waals surface area contributed by atoms with Gasteiger partial charge in [0.2, 0.25) is 17.8 Å². The Balaban J connectivity index is 1.64. The van der Waals surface area contributed by atoms with Gasteiger partial charge in [-0.1, -0.05) is 0 Å². The Morgan fingerprint density at radius 3 is 2.58 bits per heavy atom. The lowest BCUT2D eigenvalue weighted by molar-refractivity contribution is -0.148. The number of likely N-dealkylation sites (N-methyl/N-ethyl adjacent to an activating group) is 1. The molecule has 2 aliphatic rings. The van der Waals surface area contributed by atoms with Gasteiger partial charge in [-0.15, -0.1) is 0 Å². The molecule has 2 fully saturated rings. The lowest BCUT2D eigenvalue weighted by atomic mass is 10.00. The molecule has 7 nitrogen and oxygen atoms in total. The first kappa shape index (κ1) is 16.7. The lowest BCUT2D eigenvalue weighted by Gasteiger charge is -2.37. The molecular formula is C17H25N5O2. The summed E-state index contributed by atoms with van der Waals surface area (Å²) in [6.07, 6.45) is 8.14. The van der Waals surface area contributed by atoms with E-state index in [2.05, 4.69) is 15.3 Å². The second-order valence-electron chi connectivity index (χ2n) is 6.68. The number of nitrogens with one attached hydrogen (secondary N) is 1. The Morgan fingerprint density at radius 1 is 1.25 bits per heavy atom. The Labute approximate surface area is 142 Å². The van der Waals surface area contributed by atoms with Crippen LogP contribution >= 0.6 is 0 Å². The zero-order valence-corrected chi connectivity index (χ0v) is 14.4. The molecule has 1 atom stereocenters. The maximum atomic E-state index is 12.9. The first-order valence-corrected chi connectivity index (χ1v) is 8.64. The van der Waals surface area contributed by atoms with Crippen molar-refractivity contribution in [2.24, 2.45) is 5.92 Å². The van der Waals surface area contributed by atoms with Crippen LogP contribution in [0, 0.1) is 5.92 Å². The minimum absolute atomic E-state index is 0.0152. The topological polar surface area (TPSA) is 78.4 Å². The molecule has 0 radical (unpaired) electrons. The van der Waals surface area contributed by atoms with E-state index in [1.165, 1.54) is 0 Å². The largest absolute Gasteiger partial charge is 0.357 e. The van der Waals surface area contributed by atoms with E-state index in [1.54, 1.807) is 31.4 Å². The first-order valence-electron chi connectivity index (χ1n) is 8.64. The van der Waals surface area contributed by atoms with Crippen LogP contribution in [0.25, 0.3) is 0 Å². The smallest absolute Gasteiger partial charge is 0.245 e. The van der Waals surface area contributed by atoms with Gasteiger partial charge < -0.3 is 15.1 Å². The molecule has 3 rings (SSSR count). The van der Waals surface area contributed by atoms with Gasteiger partial charge in [-0.3, -0.25) is 9.59 Å². The van der Waals surface area contributed by atoms with Crippen molar-refractivity contribution in [1.29, 1.82) is 0 Å². The molecule has 1 aromatic heterocycles. The van der Waals surface area contributed by atoms with Gasteiger partial charge in [0.1, 0.15) is 6.04 Å². The molecule has 0 spiro atoms. The van der Waals surface area contributed by atoms with Crippen LogP contribution in [-0.4, -0.2) is 58.3 Å². The zero-order chi connectivity index (χ0) is 17.1. The van der Waals surface area contributed by atoms with Gasteiger partial charge in [0.05, 0.1) is 0 Å². The highest BCUT2D eigenvalue weighted by Gasteiger charge is 2.40. The van der Waals surface area contributed by atoms with Crippen LogP contribution in [0.4, 0.5) is 5.95 Å². The number of piperidine rings is 1. The van der Waals surface area contributed by atoms with Gasteiger partial charge in [-0.25, -0.2) is 9.97 Å². The number of hydrogen-bond acceptors (Lipinski definition) is 5. The second-order valence-corrected chi connectivity index (χ2v) is 6.68. The highest BCUT2D eigenvalue weighted by atomic mass is 16.2. The number of aromatic nitrogens is 2. The number of rotatable bonds is 5. The molecule has 1 saturated carbocycles. The summed E-state index contributed by atoms with van der Waals surface area (Å²) in [6.45, 7) is 1.16. The van der Waals surface area contributed by atoms with Gasteiger partial charge in [-0.05, 0) is 32.1 Å². The summed E-state index contributed by atoms with van der Waals surface area (Å²) in [5.41, 5.74) is 0.876. The fourth-order valence-corrected chi connectivity index (χ4v) is 3.19. The Hall–Kier alpha value is -2.18. The third kappa shape index (κ3) is 3.66. The third-order valence-corrected chi connectivity index (χ3v) is 4.72. The third-order valence-electron chi connectivity index (χ3n) is 4.72. The van der Waals surface area contributed by atoms with Crippen LogP contribution in [0.15, 0.2) is 12.4 Å². The molecule has 130 valence electrons. The Kier molecular flexibility index (Phi) is 4.97. The minimum Gasteiger partial charge on any atom is -0.357 e. The van der Waals surface area contributed by atoms with Crippen molar-refractivity contribution in [2.75, 3.05) is 26.0 Å². The molecule has 24 heavy (non-hydrogen) atoms. The van der Waals surface area contributed by atoms with E-state index in [0.717, 1.165) is 37.7 Å². The number of hydrogen-bond donors (Lipinski definition) is 1. The Morgan fingerprint density at radius 2 is 1.96 bits per heavy atom. The SMILES string of the molecule is CNc1ncc(CN(C)C(=O)[C@@H]2CCCCN2C(=O)C2CC2)cn1. The molecule has 2 amide bonds. The van der Waals surface area contributed by atoms with Crippen molar-refractivity contribution in [1.82, 2.24) is 19.8 Å². The summed E-state index contributed by atoms with van der Waals surface area (Å²) < 4.78 is 0. The summed E-state index contributed by atoms with van der Waals surface area (Å²) in [6, 6.07) is -0.311. The molecule has 0 aromatic carbocycles. The summed E-state index contributed by atoms with van der Waals surface area (Å²) in [4.78, 5) is 37.2. The van der Waals surface area contributed by atoms with E-state index in [-0.39, 0.29) is 23.8 Å². The van der Waals surface area contributed by atoms with Crippen molar-refractivity contribution in [3.63, 3.8) is 0 Å². The summed E-state index contributed by atoms with van der Waals surface area (Å²) in [5.74, 6) is 0.900. The first-order chi connectivity index (χ1) is 11.6. The molecule has 1 N–H and O–H groups in total. The number of carbonyl (C=O) groups excluding carboxylic acids is 2. The van der Waals surface area contributed by atoms with E-state index in [0.29, 0.717) is 19.0 Å². The molecular weight excluding hydrogens is 306 g/mol. The minimum atomic E-state index is -0.311. The van der Waals surface area contributed by atoms with E-state index in [4.69, 9.17) is 0 Å². The molecule has 0 unspecified atom stereocenters. The number of carbonyl (C=O) groups is 2. The fraction of sp³-hybridized carbons (Fsp3) is 0.647. The van der Waals surface area contributed by atoms with Crippen LogP contribution in [0.5, 0.6) is 0 Å². The van der Waals surface area contributed by atoms with Crippen LogP contribution in [0.2, 0.25) is 0 Å². The molecule has 0 bridgehead atoms. The van der Waals surface area contributed by atoms with Crippen LogP contribution in [-0.2, 0) is 16.1 Å². The van der Waals surface area contributed by atoms with Crippen molar-refractivity contribution < 1.29 is 9.59 Å². The van der Waals surface area contributed by atoms with Crippen LogP contribution in [0.3, 0.4) is 0 Å². The normalized spacial score (nSPS) is 20.6.